The number of carbonyl (C=O) groups excluding carboxylic acids is 1. The van der Waals surface area contributed by atoms with E-state index in [1.54, 1.807) is 12.1 Å². The molecule has 0 spiro atoms. The lowest BCUT2D eigenvalue weighted by Crippen LogP contribution is -2.13. The van der Waals surface area contributed by atoms with Crippen LogP contribution in [0.4, 0.5) is 5.69 Å². The molecule has 0 saturated heterocycles. The summed E-state index contributed by atoms with van der Waals surface area (Å²) in [4.78, 5) is 24.4. The quantitative estimate of drug-likeness (QED) is 0.613. The number of nitrogens with one attached hydrogen (secondary N) is 1. The smallest absolute Gasteiger partial charge is 0.349 e. The molecule has 0 aliphatic rings. The molecular weight excluding hydrogens is 362 g/mol. The van der Waals surface area contributed by atoms with Crippen molar-refractivity contribution in [1.29, 1.82) is 0 Å². The predicted molar refractivity (Wildman–Crippen MR) is 108 cm³/mol. The first kappa shape index (κ1) is 18.9. The summed E-state index contributed by atoms with van der Waals surface area (Å²) in [6.07, 6.45) is 0.551. The van der Waals surface area contributed by atoms with Gasteiger partial charge in [0, 0.05) is 21.3 Å². The number of carbonyl (C=O) groups is 2. The van der Waals surface area contributed by atoms with Crippen LogP contribution in [0.3, 0.4) is 0 Å². The van der Waals surface area contributed by atoms with Crippen molar-refractivity contribution in [2.24, 2.45) is 0 Å². The molecule has 0 saturated carbocycles. The van der Waals surface area contributed by atoms with Crippen LogP contribution in [0.5, 0.6) is 5.75 Å². The van der Waals surface area contributed by atoms with Crippen molar-refractivity contribution >= 4 is 39.0 Å². The maximum atomic E-state index is 12.6. The van der Waals surface area contributed by atoms with Gasteiger partial charge in [0.1, 0.15) is 0 Å². The summed E-state index contributed by atoms with van der Waals surface area (Å²) < 4.78 is 6.63. The molecule has 0 aliphatic carbocycles. The molecule has 0 radical (unpaired) electrons. The molecule has 0 bridgehead atoms. The van der Waals surface area contributed by atoms with E-state index in [2.05, 4.69) is 5.32 Å². The number of amides is 1. The third-order valence-electron chi connectivity index (χ3n) is 4.08. The zero-order valence-corrected chi connectivity index (χ0v) is 16.2. The van der Waals surface area contributed by atoms with Crippen LogP contribution < -0.4 is 10.1 Å². The first-order valence-electron chi connectivity index (χ1n) is 8.76. The normalized spacial score (nSPS) is 11.0. The van der Waals surface area contributed by atoms with Crippen molar-refractivity contribution in [2.45, 2.75) is 33.3 Å². The third kappa shape index (κ3) is 3.95. The van der Waals surface area contributed by atoms with Crippen molar-refractivity contribution in [3.63, 3.8) is 0 Å². The lowest BCUT2D eigenvalue weighted by atomic mass is 10.1. The average Bonchev–Trinajstić information content (AvgIpc) is 2.99. The van der Waals surface area contributed by atoms with Gasteiger partial charge >= 0.3 is 5.97 Å². The third-order valence-corrected chi connectivity index (χ3v) is 5.20. The Morgan fingerprint density at radius 2 is 1.89 bits per heavy atom. The number of benzene rings is 2. The minimum absolute atomic E-state index is 0.158. The summed E-state index contributed by atoms with van der Waals surface area (Å²) in [6, 6.07) is 12.7. The number of hydrogen-bond acceptors (Lipinski definition) is 4. The maximum Gasteiger partial charge on any atom is 0.349 e. The Bertz CT molecular complexity index is 992. The number of fused-ring (bicyclic) bond motifs is 1. The Morgan fingerprint density at radius 1 is 1.19 bits per heavy atom. The SMILES string of the molecule is CCc1cc2sc(C(=O)O)c(OC(C)C)c2cc1NC(=O)c1ccccc1. The van der Waals surface area contributed by atoms with E-state index in [-0.39, 0.29) is 16.9 Å². The van der Waals surface area contributed by atoms with Crippen LogP contribution in [0.15, 0.2) is 42.5 Å². The van der Waals surface area contributed by atoms with Gasteiger partial charge in [-0.25, -0.2) is 4.79 Å². The van der Waals surface area contributed by atoms with Gasteiger partial charge in [-0.05, 0) is 50.1 Å². The Morgan fingerprint density at radius 3 is 2.48 bits per heavy atom. The average molecular weight is 383 g/mol. The van der Waals surface area contributed by atoms with Crippen molar-refractivity contribution in [1.82, 2.24) is 0 Å². The lowest BCUT2D eigenvalue weighted by molar-refractivity contribution is 0.0696. The molecular formula is C21H21NO4S. The van der Waals surface area contributed by atoms with Crippen molar-refractivity contribution in [3.8, 4) is 5.75 Å². The minimum Gasteiger partial charge on any atom is -0.489 e. The summed E-state index contributed by atoms with van der Waals surface area (Å²) in [5, 5.41) is 13.2. The topological polar surface area (TPSA) is 75.6 Å². The number of hydrogen-bond donors (Lipinski definition) is 2. The fourth-order valence-corrected chi connectivity index (χ4v) is 3.87. The second-order valence-electron chi connectivity index (χ2n) is 6.41. The molecule has 27 heavy (non-hydrogen) atoms. The number of carboxylic acids is 1. The highest BCUT2D eigenvalue weighted by Crippen LogP contribution is 2.41. The highest BCUT2D eigenvalue weighted by molar-refractivity contribution is 7.21. The Kier molecular flexibility index (Phi) is 5.46. The highest BCUT2D eigenvalue weighted by atomic mass is 32.1. The number of anilines is 1. The van der Waals surface area contributed by atoms with Crippen molar-refractivity contribution < 1.29 is 19.4 Å². The fraction of sp³-hybridized carbons (Fsp3) is 0.238. The van der Waals surface area contributed by atoms with Crippen LogP contribution in [0.25, 0.3) is 10.1 Å². The molecule has 140 valence electrons. The zero-order chi connectivity index (χ0) is 19.6. The standard InChI is InChI=1S/C21H21NO4S/c1-4-13-10-17-15(18(26-12(2)3)19(27-17)21(24)25)11-16(13)22-20(23)14-8-6-5-7-9-14/h5-12H,4H2,1-3H3,(H,22,23)(H,24,25). The minimum atomic E-state index is -1.01. The van der Waals surface area contributed by atoms with E-state index < -0.39 is 5.97 Å². The Balaban J connectivity index is 2.09. The summed E-state index contributed by atoms with van der Waals surface area (Å²) in [6.45, 7) is 5.71. The number of rotatable bonds is 6. The van der Waals surface area contributed by atoms with Gasteiger partial charge in [0.15, 0.2) is 10.6 Å². The van der Waals surface area contributed by atoms with E-state index >= 15 is 0 Å². The van der Waals surface area contributed by atoms with E-state index in [0.717, 1.165) is 10.3 Å². The zero-order valence-electron chi connectivity index (χ0n) is 15.4. The second-order valence-corrected chi connectivity index (χ2v) is 7.46. The predicted octanol–water partition coefficient (Wildman–Crippen LogP) is 5.20. The summed E-state index contributed by atoms with van der Waals surface area (Å²) in [5.41, 5.74) is 2.18. The van der Waals surface area contributed by atoms with Gasteiger partial charge in [0.25, 0.3) is 5.91 Å². The molecule has 1 heterocycles. The van der Waals surface area contributed by atoms with Crippen LogP contribution in [0.2, 0.25) is 0 Å². The fourth-order valence-electron chi connectivity index (χ4n) is 2.85. The van der Waals surface area contributed by atoms with E-state index in [1.807, 2.05) is 51.1 Å². The lowest BCUT2D eigenvalue weighted by Gasteiger charge is -2.13. The first-order chi connectivity index (χ1) is 12.9. The van der Waals surface area contributed by atoms with E-state index in [9.17, 15) is 14.7 Å². The number of carboxylic acid groups (broad SMARTS) is 1. The van der Waals surface area contributed by atoms with Crippen LogP contribution in [-0.2, 0) is 6.42 Å². The van der Waals surface area contributed by atoms with Crippen molar-refractivity contribution in [3.05, 3.63) is 58.5 Å². The number of ether oxygens (including phenoxy) is 1. The summed E-state index contributed by atoms with van der Waals surface area (Å²) in [5.74, 6) is -0.861. The molecule has 0 unspecified atom stereocenters. The molecule has 5 nitrogen and oxygen atoms in total. The number of thiophene rings is 1. The highest BCUT2D eigenvalue weighted by Gasteiger charge is 2.22. The molecule has 6 heteroatoms. The molecule has 1 aromatic heterocycles. The van der Waals surface area contributed by atoms with Gasteiger partial charge in [-0.1, -0.05) is 25.1 Å². The largest absolute Gasteiger partial charge is 0.489 e. The van der Waals surface area contributed by atoms with E-state index in [0.29, 0.717) is 28.8 Å². The molecule has 2 aromatic carbocycles. The second kappa shape index (κ2) is 7.80. The summed E-state index contributed by atoms with van der Waals surface area (Å²) >= 11 is 1.19. The molecule has 1 amide bonds. The molecule has 3 aromatic rings. The number of aromatic carboxylic acids is 1. The first-order valence-corrected chi connectivity index (χ1v) is 9.58. The molecule has 0 fully saturated rings. The molecule has 3 rings (SSSR count). The van der Waals surface area contributed by atoms with Gasteiger partial charge in [0.2, 0.25) is 0 Å². The van der Waals surface area contributed by atoms with Gasteiger partial charge in [-0.15, -0.1) is 11.3 Å². The van der Waals surface area contributed by atoms with Crippen LogP contribution >= 0.6 is 11.3 Å². The van der Waals surface area contributed by atoms with Gasteiger partial charge in [-0.2, -0.15) is 0 Å². The Labute approximate surface area is 161 Å². The van der Waals surface area contributed by atoms with Crippen LogP contribution in [0.1, 0.15) is 46.4 Å². The van der Waals surface area contributed by atoms with Gasteiger partial charge in [0.05, 0.1) is 6.10 Å². The Hall–Kier alpha value is -2.86. The monoisotopic (exact) mass is 383 g/mol. The maximum absolute atomic E-state index is 12.6. The van der Waals surface area contributed by atoms with Gasteiger partial charge < -0.3 is 15.2 Å². The van der Waals surface area contributed by atoms with Gasteiger partial charge in [-0.3, -0.25) is 4.79 Å². The van der Waals surface area contributed by atoms with Crippen molar-refractivity contribution in [2.75, 3.05) is 5.32 Å². The molecule has 0 atom stereocenters. The molecule has 0 aliphatic heterocycles. The van der Waals surface area contributed by atoms with E-state index in [4.69, 9.17) is 4.74 Å². The van der Waals surface area contributed by atoms with Crippen LogP contribution in [-0.4, -0.2) is 23.1 Å². The van der Waals surface area contributed by atoms with E-state index in [1.165, 1.54) is 11.3 Å². The number of aryl methyl sites for hydroxylation is 1. The molecule has 2 N–H and O–H groups in total. The van der Waals surface area contributed by atoms with Crippen LogP contribution in [0, 0.1) is 0 Å². The summed E-state index contributed by atoms with van der Waals surface area (Å²) in [7, 11) is 0.